The lowest BCUT2D eigenvalue weighted by atomic mass is 10.2. The summed E-state index contributed by atoms with van der Waals surface area (Å²) < 4.78 is 17.0. The molecule has 6 nitrogen and oxygen atoms in total. The third-order valence-corrected chi connectivity index (χ3v) is 4.44. The number of ether oxygens (including phenoxy) is 2. The van der Waals surface area contributed by atoms with E-state index in [-0.39, 0.29) is 6.04 Å². The van der Waals surface area contributed by atoms with Crippen LogP contribution >= 0.6 is 0 Å². The van der Waals surface area contributed by atoms with Crippen molar-refractivity contribution in [2.24, 2.45) is 4.99 Å². The minimum atomic E-state index is -0.00639. The fraction of sp³-hybridized carbons (Fsp3) is 0.318. The zero-order valence-electron chi connectivity index (χ0n) is 16.6. The molecular formula is C22H27N3O3. The van der Waals surface area contributed by atoms with Crippen molar-refractivity contribution in [2.75, 3.05) is 27.3 Å². The highest BCUT2D eigenvalue weighted by molar-refractivity contribution is 5.81. The largest absolute Gasteiger partial charge is 0.496 e. The van der Waals surface area contributed by atoms with Crippen molar-refractivity contribution in [2.45, 2.75) is 19.6 Å². The number of benzene rings is 2. The third kappa shape index (κ3) is 5.04. The number of aliphatic imine (C=N–C) groups is 1. The Labute approximate surface area is 165 Å². The van der Waals surface area contributed by atoms with Crippen LogP contribution in [-0.4, -0.2) is 33.3 Å². The summed E-state index contributed by atoms with van der Waals surface area (Å²) in [6.07, 6.45) is 0. The van der Waals surface area contributed by atoms with Crippen molar-refractivity contribution in [3.05, 3.63) is 65.9 Å². The summed E-state index contributed by atoms with van der Waals surface area (Å²) in [7, 11) is 3.41. The molecule has 0 aliphatic heterocycles. The molecule has 28 heavy (non-hydrogen) atoms. The average Bonchev–Trinajstić information content (AvgIpc) is 3.17. The molecule has 1 heterocycles. The first kappa shape index (κ1) is 19.8. The van der Waals surface area contributed by atoms with E-state index >= 15 is 0 Å². The van der Waals surface area contributed by atoms with Gasteiger partial charge in [0.25, 0.3) is 0 Å². The molecule has 2 aromatic carbocycles. The molecule has 0 aliphatic rings. The molecule has 1 unspecified atom stereocenters. The minimum Gasteiger partial charge on any atom is -0.496 e. The van der Waals surface area contributed by atoms with Crippen LogP contribution in [-0.2, 0) is 11.3 Å². The summed E-state index contributed by atoms with van der Waals surface area (Å²) in [4.78, 5) is 4.27. The van der Waals surface area contributed by atoms with Crippen LogP contribution in [0.25, 0.3) is 11.0 Å². The van der Waals surface area contributed by atoms with Gasteiger partial charge in [-0.05, 0) is 25.1 Å². The zero-order chi connectivity index (χ0) is 19.8. The van der Waals surface area contributed by atoms with Gasteiger partial charge in [-0.1, -0.05) is 36.4 Å². The fourth-order valence-electron chi connectivity index (χ4n) is 2.93. The van der Waals surface area contributed by atoms with E-state index in [0.29, 0.717) is 25.7 Å². The van der Waals surface area contributed by atoms with Gasteiger partial charge in [-0.25, -0.2) is 0 Å². The average molecular weight is 381 g/mol. The Balaban J connectivity index is 1.44. The number of furan rings is 1. The molecule has 3 aromatic rings. The van der Waals surface area contributed by atoms with Gasteiger partial charge in [0, 0.05) is 24.5 Å². The molecule has 148 valence electrons. The van der Waals surface area contributed by atoms with Gasteiger partial charge in [-0.15, -0.1) is 0 Å². The lowest BCUT2D eigenvalue weighted by Gasteiger charge is -2.16. The molecule has 1 aromatic heterocycles. The third-order valence-electron chi connectivity index (χ3n) is 4.44. The van der Waals surface area contributed by atoms with Gasteiger partial charge in [0.05, 0.1) is 26.4 Å². The highest BCUT2D eigenvalue weighted by Crippen LogP contribution is 2.23. The van der Waals surface area contributed by atoms with E-state index in [2.05, 4.69) is 21.7 Å². The maximum absolute atomic E-state index is 5.91. The van der Waals surface area contributed by atoms with E-state index < -0.39 is 0 Å². The number of nitrogens with one attached hydrogen (secondary N) is 2. The second-order valence-corrected chi connectivity index (χ2v) is 6.42. The molecule has 0 spiro atoms. The lowest BCUT2D eigenvalue weighted by Crippen LogP contribution is -2.40. The number of para-hydroxylation sites is 2. The molecule has 0 amide bonds. The summed E-state index contributed by atoms with van der Waals surface area (Å²) in [5.41, 5.74) is 1.92. The van der Waals surface area contributed by atoms with Crippen LogP contribution in [0.15, 0.2) is 64.0 Å². The highest BCUT2D eigenvalue weighted by Gasteiger charge is 2.12. The number of hydrogen-bond acceptors (Lipinski definition) is 4. The van der Waals surface area contributed by atoms with Crippen LogP contribution in [0.2, 0.25) is 0 Å². The SMILES string of the molecule is CN=C(NCCOCc1ccccc1OC)NC(C)c1cc2ccccc2o1. The standard InChI is InChI=1S/C22H27N3O3/c1-16(21-14-17-8-4-7-11-20(17)28-21)25-22(23-2)24-12-13-27-15-18-9-5-6-10-19(18)26-3/h4-11,14,16H,12-13,15H2,1-3H3,(H2,23,24,25). The number of nitrogens with zero attached hydrogens (tertiary/aromatic N) is 1. The molecule has 2 N–H and O–H groups in total. The second-order valence-electron chi connectivity index (χ2n) is 6.42. The van der Waals surface area contributed by atoms with E-state index in [1.54, 1.807) is 14.2 Å². The lowest BCUT2D eigenvalue weighted by molar-refractivity contribution is 0.123. The molecule has 6 heteroatoms. The molecule has 0 aliphatic carbocycles. The van der Waals surface area contributed by atoms with Crippen molar-refractivity contribution < 1.29 is 13.9 Å². The van der Waals surface area contributed by atoms with Crippen molar-refractivity contribution in [3.8, 4) is 5.75 Å². The Hall–Kier alpha value is -2.99. The van der Waals surface area contributed by atoms with Crippen molar-refractivity contribution >= 4 is 16.9 Å². The van der Waals surface area contributed by atoms with Crippen LogP contribution in [0.4, 0.5) is 0 Å². The van der Waals surface area contributed by atoms with E-state index in [1.165, 1.54) is 0 Å². The Kier molecular flexibility index (Phi) is 6.92. The number of methoxy groups -OCH3 is 1. The molecule has 0 bridgehead atoms. The molecule has 0 radical (unpaired) electrons. The second kappa shape index (κ2) is 9.80. The molecule has 0 saturated heterocycles. The van der Waals surface area contributed by atoms with Gasteiger partial charge in [0.2, 0.25) is 0 Å². The summed E-state index contributed by atoms with van der Waals surface area (Å²) in [5, 5.41) is 7.70. The first-order valence-electron chi connectivity index (χ1n) is 9.36. The number of hydrogen-bond donors (Lipinski definition) is 2. The molecule has 0 fully saturated rings. The van der Waals surface area contributed by atoms with E-state index in [1.807, 2.05) is 55.5 Å². The Morgan fingerprint density at radius 3 is 2.71 bits per heavy atom. The maximum Gasteiger partial charge on any atom is 0.191 e. The smallest absolute Gasteiger partial charge is 0.191 e. The van der Waals surface area contributed by atoms with Crippen LogP contribution in [0.3, 0.4) is 0 Å². The minimum absolute atomic E-state index is 0.00639. The molecule has 1 atom stereocenters. The number of rotatable bonds is 8. The van der Waals surface area contributed by atoms with Crippen molar-refractivity contribution in [1.29, 1.82) is 0 Å². The number of guanidine groups is 1. The van der Waals surface area contributed by atoms with Gasteiger partial charge < -0.3 is 24.5 Å². The van der Waals surface area contributed by atoms with Crippen LogP contribution in [0.5, 0.6) is 5.75 Å². The summed E-state index contributed by atoms with van der Waals surface area (Å²) in [6, 6.07) is 17.9. The van der Waals surface area contributed by atoms with Crippen LogP contribution < -0.4 is 15.4 Å². The normalized spacial score (nSPS) is 12.8. The predicted molar refractivity (Wildman–Crippen MR) is 112 cm³/mol. The maximum atomic E-state index is 5.91. The van der Waals surface area contributed by atoms with E-state index in [9.17, 15) is 0 Å². The van der Waals surface area contributed by atoms with Crippen LogP contribution in [0, 0.1) is 0 Å². The van der Waals surface area contributed by atoms with Crippen molar-refractivity contribution in [1.82, 2.24) is 10.6 Å². The predicted octanol–water partition coefficient (Wildman–Crippen LogP) is 3.88. The summed E-state index contributed by atoms with van der Waals surface area (Å²) >= 11 is 0. The van der Waals surface area contributed by atoms with Crippen LogP contribution in [0.1, 0.15) is 24.3 Å². The van der Waals surface area contributed by atoms with E-state index in [4.69, 9.17) is 13.9 Å². The Bertz CT molecular complexity index is 887. The van der Waals surface area contributed by atoms with Gasteiger partial charge in [-0.3, -0.25) is 4.99 Å². The quantitative estimate of drug-likeness (QED) is 0.352. The van der Waals surface area contributed by atoms with Gasteiger partial charge in [0.1, 0.15) is 17.1 Å². The fourth-order valence-corrected chi connectivity index (χ4v) is 2.93. The topological polar surface area (TPSA) is 68.0 Å². The molecular weight excluding hydrogens is 354 g/mol. The first-order valence-corrected chi connectivity index (χ1v) is 9.36. The monoisotopic (exact) mass is 381 g/mol. The van der Waals surface area contributed by atoms with Gasteiger partial charge in [0.15, 0.2) is 5.96 Å². The Morgan fingerprint density at radius 1 is 1.14 bits per heavy atom. The Morgan fingerprint density at radius 2 is 1.93 bits per heavy atom. The zero-order valence-corrected chi connectivity index (χ0v) is 16.6. The van der Waals surface area contributed by atoms with Gasteiger partial charge >= 0.3 is 0 Å². The molecule has 3 rings (SSSR count). The van der Waals surface area contributed by atoms with E-state index in [0.717, 1.165) is 28.0 Å². The van der Waals surface area contributed by atoms with Gasteiger partial charge in [-0.2, -0.15) is 0 Å². The first-order chi connectivity index (χ1) is 13.7. The molecule has 0 saturated carbocycles. The van der Waals surface area contributed by atoms with Crippen molar-refractivity contribution in [3.63, 3.8) is 0 Å². The number of fused-ring (bicyclic) bond motifs is 1. The summed E-state index contributed by atoms with van der Waals surface area (Å²) in [5.74, 6) is 2.41. The summed E-state index contributed by atoms with van der Waals surface area (Å²) in [6.45, 7) is 3.75. The highest BCUT2D eigenvalue weighted by atomic mass is 16.5.